The molecule has 1 aromatic carbocycles. The zero-order valence-corrected chi connectivity index (χ0v) is 11.8. The number of rotatable bonds is 6. The van der Waals surface area contributed by atoms with Crippen molar-refractivity contribution >= 4 is 21.8 Å². The molecule has 1 saturated carbocycles. The fraction of sp³-hybridized carbons (Fsp3) is 0.462. The largest absolute Gasteiger partial charge is 0.366 e. The molecule has 1 aliphatic rings. The van der Waals surface area contributed by atoms with Crippen molar-refractivity contribution in [3.8, 4) is 0 Å². The van der Waals surface area contributed by atoms with Gasteiger partial charge >= 0.3 is 0 Å². The maximum atomic E-state index is 11.2. The first kappa shape index (κ1) is 13.5. The Morgan fingerprint density at radius 1 is 1.50 bits per heavy atom. The molecule has 0 aromatic heterocycles. The van der Waals surface area contributed by atoms with Crippen molar-refractivity contribution in [2.45, 2.75) is 19.1 Å². The number of hydrogen-bond acceptors (Lipinski definition) is 3. The summed E-state index contributed by atoms with van der Waals surface area (Å²) in [6, 6.07) is 5.25. The molecule has 1 aliphatic carbocycles. The lowest BCUT2D eigenvalue weighted by molar-refractivity contribution is -0.130. The second-order valence-electron chi connectivity index (χ2n) is 4.48. The van der Waals surface area contributed by atoms with Gasteiger partial charge in [-0.15, -0.1) is 0 Å². The Morgan fingerprint density at radius 2 is 2.22 bits per heavy atom. The number of benzene rings is 1. The highest BCUT2D eigenvalue weighted by Crippen LogP contribution is 2.32. The second-order valence-corrected chi connectivity index (χ2v) is 5.40. The molecule has 2 N–H and O–H groups in total. The number of nitrogens with two attached hydrogens (primary N) is 1. The highest BCUT2D eigenvalue weighted by Gasteiger charge is 2.24. The van der Waals surface area contributed by atoms with E-state index < -0.39 is 12.2 Å². The number of ether oxygens (including phenoxy) is 2. The third kappa shape index (κ3) is 3.54. The molecule has 0 aliphatic heterocycles. The Kier molecular flexibility index (Phi) is 4.37. The summed E-state index contributed by atoms with van der Waals surface area (Å²) in [5.74, 6) is 0.194. The van der Waals surface area contributed by atoms with Gasteiger partial charge < -0.3 is 15.2 Å². The number of carbonyl (C=O) groups is 1. The molecule has 1 atom stereocenters. The van der Waals surface area contributed by atoms with Gasteiger partial charge in [0.05, 0.1) is 6.61 Å². The standard InChI is InChI=1S/C13H16BrNO3/c1-17-13(18-7-8-2-3-8)10-4-9(12(15)16)5-11(14)6-10/h4-6,8,13H,2-3,7H2,1H3,(H2,15,16). The fourth-order valence-electron chi connectivity index (χ4n) is 1.70. The van der Waals surface area contributed by atoms with E-state index in [0.29, 0.717) is 18.1 Å². The molecular weight excluding hydrogens is 298 g/mol. The topological polar surface area (TPSA) is 61.6 Å². The Bertz CT molecular complexity index is 446. The highest BCUT2D eigenvalue weighted by molar-refractivity contribution is 9.10. The molecule has 2 rings (SSSR count). The molecule has 1 amide bonds. The van der Waals surface area contributed by atoms with Crippen molar-refractivity contribution in [3.63, 3.8) is 0 Å². The van der Waals surface area contributed by atoms with Gasteiger partial charge in [-0.05, 0) is 37.0 Å². The number of methoxy groups -OCH3 is 1. The SMILES string of the molecule is COC(OCC1CC1)c1cc(Br)cc(C(N)=O)c1. The van der Waals surface area contributed by atoms with Crippen LogP contribution < -0.4 is 5.73 Å². The monoisotopic (exact) mass is 313 g/mol. The Labute approximate surface area is 115 Å². The summed E-state index contributed by atoms with van der Waals surface area (Å²) in [6.45, 7) is 0.691. The zero-order chi connectivity index (χ0) is 13.1. The summed E-state index contributed by atoms with van der Waals surface area (Å²) in [4.78, 5) is 11.2. The molecule has 18 heavy (non-hydrogen) atoms. The van der Waals surface area contributed by atoms with E-state index in [1.807, 2.05) is 6.07 Å². The molecule has 1 aromatic rings. The van der Waals surface area contributed by atoms with E-state index in [-0.39, 0.29) is 0 Å². The van der Waals surface area contributed by atoms with Crippen LogP contribution in [-0.2, 0) is 9.47 Å². The lowest BCUT2D eigenvalue weighted by Gasteiger charge is -2.17. The Morgan fingerprint density at radius 3 is 2.78 bits per heavy atom. The normalized spacial score (nSPS) is 16.6. The minimum absolute atomic E-state index is 0.441. The van der Waals surface area contributed by atoms with Crippen molar-refractivity contribution in [2.24, 2.45) is 11.7 Å². The van der Waals surface area contributed by atoms with Crippen LogP contribution in [0.3, 0.4) is 0 Å². The average molecular weight is 314 g/mol. The van der Waals surface area contributed by atoms with Crippen LogP contribution in [0.15, 0.2) is 22.7 Å². The molecular formula is C13H16BrNO3. The van der Waals surface area contributed by atoms with Crippen LogP contribution in [0.5, 0.6) is 0 Å². The molecule has 0 heterocycles. The van der Waals surface area contributed by atoms with E-state index in [1.54, 1.807) is 19.2 Å². The van der Waals surface area contributed by atoms with Gasteiger partial charge in [0, 0.05) is 22.7 Å². The maximum absolute atomic E-state index is 11.2. The van der Waals surface area contributed by atoms with E-state index in [9.17, 15) is 4.79 Å². The van der Waals surface area contributed by atoms with Gasteiger partial charge in [-0.3, -0.25) is 4.79 Å². The van der Waals surface area contributed by atoms with Crippen LogP contribution in [0.2, 0.25) is 0 Å². The summed E-state index contributed by atoms with van der Waals surface area (Å²) < 4.78 is 11.8. The number of carbonyl (C=O) groups excluding carboxylic acids is 1. The summed E-state index contributed by atoms with van der Waals surface area (Å²) in [6.07, 6.45) is 1.99. The smallest absolute Gasteiger partial charge is 0.248 e. The van der Waals surface area contributed by atoms with Crippen LogP contribution in [0.1, 0.15) is 35.1 Å². The van der Waals surface area contributed by atoms with Gasteiger partial charge in [0.2, 0.25) is 5.91 Å². The van der Waals surface area contributed by atoms with Gasteiger partial charge in [0.1, 0.15) is 0 Å². The Hall–Kier alpha value is -0.910. The van der Waals surface area contributed by atoms with Gasteiger partial charge in [-0.1, -0.05) is 15.9 Å². The van der Waals surface area contributed by atoms with Crippen molar-refractivity contribution in [1.29, 1.82) is 0 Å². The van der Waals surface area contributed by atoms with Crippen molar-refractivity contribution in [2.75, 3.05) is 13.7 Å². The molecule has 0 bridgehead atoms. The van der Waals surface area contributed by atoms with Crippen LogP contribution in [0.25, 0.3) is 0 Å². The number of halogens is 1. The van der Waals surface area contributed by atoms with Crippen molar-refractivity contribution in [1.82, 2.24) is 0 Å². The first-order chi connectivity index (χ1) is 8.60. The highest BCUT2D eigenvalue weighted by atomic mass is 79.9. The van der Waals surface area contributed by atoms with E-state index in [0.717, 1.165) is 10.0 Å². The first-order valence-electron chi connectivity index (χ1n) is 5.85. The number of amides is 1. The second kappa shape index (κ2) is 5.82. The van der Waals surface area contributed by atoms with Crippen LogP contribution >= 0.6 is 15.9 Å². The predicted molar refractivity (Wildman–Crippen MR) is 71.1 cm³/mol. The van der Waals surface area contributed by atoms with E-state index in [4.69, 9.17) is 15.2 Å². The predicted octanol–water partition coefficient (Wildman–Crippen LogP) is 2.62. The molecule has 4 nitrogen and oxygen atoms in total. The van der Waals surface area contributed by atoms with E-state index >= 15 is 0 Å². The summed E-state index contributed by atoms with van der Waals surface area (Å²) >= 11 is 3.35. The minimum Gasteiger partial charge on any atom is -0.366 e. The van der Waals surface area contributed by atoms with Gasteiger partial charge in [-0.2, -0.15) is 0 Å². The van der Waals surface area contributed by atoms with Gasteiger partial charge in [0.15, 0.2) is 6.29 Å². The molecule has 0 radical (unpaired) electrons. The van der Waals surface area contributed by atoms with E-state index in [2.05, 4.69) is 15.9 Å². The van der Waals surface area contributed by atoms with Crippen molar-refractivity contribution < 1.29 is 14.3 Å². The third-order valence-electron chi connectivity index (χ3n) is 2.87. The summed E-state index contributed by atoms with van der Waals surface area (Å²) in [5.41, 5.74) is 6.52. The first-order valence-corrected chi connectivity index (χ1v) is 6.64. The van der Waals surface area contributed by atoms with E-state index in [1.165, 1.54) is 12.8 Å². The summed E-state index contributed by atoms with van der Waals surface area (Å²) in [7, 11) is 1.59. The number of primary amides is 1. The third-order valence-corrected chi connectivity index (χ3v) is 3.33. The van der Waals surface area contributed by atoms with Crippen LogP contribution in [0.4, 0.5) is 0 Å². The van der Waals surface area contributed by atoms with Gasteiger partial charge in [-0.25, -0.2) is 0 Å². The lowest BCUT2D eigenvalue weighted by Crippen LogP contribution is -2.14. The maximum Gasteiger partial charge on any atom is 0.248 e. The molecule has 0 saturated heterocycles. The van der Waals surface area contributed by atoms with Crippen LogP contribution in [-0.4, -0.2) is 19.6 Å². The van der Waals surface area contributed by atoms with Gasteiger partial charge in [0.25, 0.3) is 0 Å². The molecule has 5 heteroatoms. The Balaban J connectivity index is 2.14. The quantitative estimate of drug-likeness (QED) is 0.821. The van der Waals surface area contributed by atoms with Crippen LogP contribution in [0, 0.1) is 5.92 Å². The van der Waals surface area contributed by atoms with Crippen molar-refractivity contribution in [3.05, 3.63) is 33.8 Å². The number of hydrogen-bond donors (Lipinski definition) is 1. The zero-order valence-electron chi connectivity index (χ0n) is 10.2. The molecule has 0 spiro atoms. The molecule has 98 valence electrons. The fourth-order valence-corrected chi connectivity index (χ4v) is 2.21. The minimum atomic E-state index is -0.463. The summed E-state index contributed by atoms with van der Waals surface area (Å²) in [5, 5.41) is 0. The lowest BCUT2D eigenvalue weighted by atomic mass is 10.1. The molecule has 1 unspecified atom stereocenters. The average Bonchev–Trinajstić information content (AvgIpc) is 3.13. The molecule has 1 fully saturated rings.